The number of hydrogen-bond donors (Lipinski definition) is 1. The van der Waals surface area contributed by atoms with Crippen molar-refractivity contribution in [1.29, 1.82) is 0 Å². The van der Waals surface area contributed by atoms with E-state index in [0.29, 0.717) is 5.69 Å². The summed E-state index contributed by atoms with van der Waals surface area (Å²) in [6.45, 7) is 1.61. The predicted molar refractivity (Wildman–Crippen MR) is 85.5 cm³/mol. The van der Waals surface area contributed by atoms with Gasteiger partial charge in [-0.15, -0.1) is 0 Å². The van der Waals surface area contributed by atoms with Crippen LogP contribution in [-0.2, 0) is 10.0 Å². The van der Waals surface area contributed by atoms with Crippen LogP contribution in [0, 0.1) is 12.7 Å². The van der Waals surface area contributed by atoms with E-state index in [-0.39, 0.29) is 10.6 Å². The summed E-state index contributed by atoms with van der Waals surface area (Å²) in [5.74, 6) is -0.512. The minimum absolute atomic E-state index is 0.0469. The summed E-state index contributed by atoms with van der Waals surface area (Å²) >= 11 is 0. The van der Waals surface area contributed by atoms with Crippen LogP contribution in [0.3, 0.4) is 0 Å². The molecule has 0 radical (unpaired) electrons. The number of benzene rings is 2. The van der Waals surface area contributed by atoms with Gasteiger partial charge in [-0.05, 0) is 37.3 Å². The van der Waals surface area contributed by atoms with Gasteiger partial charge in [-0.25, -0.2) is 17.5 Å². The highest BCUT2D eigenvalue weighted by Gasteiger charge is 2.21. The maximum absolute atomic E-state index is 13.2. The molecule has 0 saturated carbocycles. The van der Waals surface area contributed by atoms with Gasteiger partial charge in [0.15, 0.2) is 0 Å². The van der Waals surface area contributed by atoms with Crippen LogP contribution >= 0.6 is 0 Å². The molecule has 23 heavy (non-hydrogen) atoms. The van der Waals surface area contributed by atoms with E-state index in [1.807, 2.05) is 30.3 Å². The molecule has 0 aliphatic carbocycles. The number of halogens is 1. The van der Waals surface area contributed by atoms with E-state index in [1.165, 1.54) is 29.1 Å². The Bertz CT molecular complexity index is 937. The molecule has 1 N–H and O–H groups in total. The lowest BCUT2D eigenvalue weighted by Gasteiger charge is -2.06. The van der Waals surface area contributed by atoms with Gasteiger partial charge >= 0.3 is 0 Å². The standard InChI is InChI=1S/C16H14FN3O2S/c1-12-16(11-20(18-12)15-8-3-2-4-9-15)23(21,22)19-14-7-5-6-13(17)10-14/h2-11,19H,1H3. The van der Waals surface area contributed by atoms with Gasteiger partial charge in [0.2, 0.25) is 0 Å². The van der Waals surface area contributed by atoms with Crippen LogP contribution in [0.2, 0.25) is 0 Å². The van der Waals surface area contributed by atoms with Gasteiger partial charge in [0.05, 0.1) is 23.3 Å². The van der Waals surface area contributed by atoms with E-state index in [2.05, 4.69) is 9.82 Å². The van der Waals surface area contributed by atoms with E-state index >= 15 is 0 Å². The number of aryl methyl sites for hydroxylation is 1. The third kappa shape index (κ3) is 3.24. The molecule has 0 aliphatic rings. The Morgan fingerprint density at radius 1 is 1.09 bits per heavy atom. The highest BCUT2D eigenvalue weighted by atomic mass is 32.2. The van der Waals surface area contributed by atoms with Crippen LogP contribution in [0.15, 0.2) is 65.7 Å². The van der Waals surface area contributed by atoms with Crippen molar-refractivity contribution >= 4 is 15.7 Å². The minimum atomic E-state index is -3.85. The monoisotopic (exact) mass is 331 g/mol. The number of anilines is 1. The molecule has 3 aromatic rings. The molecular formula is C16H14FN3O2S. The summed E-state index contributed by atoms with van der Waals surface area (Å²) in [6, 6.07) is 14.5. The zero-order valence-corrected chi connectivity index (χ0v) is 13.1. The van der Waals surface area contributed by atoms with E-state index in [9.17, 15) is 12.8 Å². The van der Waals surface area contributed by atoms with Crippen LogP contribution < -0.4 is 4.72 Å². The Morgan fingerprint density at radius 3 is 2.52 bits per heavy atom. The van der Waals surface area contributed by atoms with Gasteiger partial charge in [0.1, 0.15) is 10.7 Å². The van der Waals surface area contributed by atoms with Crippen LogP contribution in [-0.4, -0.2) is 18.2 Å². The lowest BCUT2D eigenvalue weighted by atomic mass is 10.3. The maximum atomic E-state index is 13.2. The summed E-state index contributed by atoms with van der Waals surface area (Å²) < 4.78 is 42.0. The molecule has 1 heterocycles. The van der Waals surface area contributed by atoms with E-state index < -0.39 is 15.8 Å². The Hall–Kier alpha value is -2.67. The van der Waals surface area contributed by atoms with Crippen LogP contribution in [0.1, 0.15) is 5.69 Å². The molecule has 3 rings (SSSR count). The minimum Gasteiger partial charge on any atom is -0.279 e. The lowest BCUT2D eigenvalue weighted by molar-refractivity contribution is 0.600. The highest BCUT2D eigenvalue weighted by molar-refractivity contribution is 7.92. The van der Waals surface area contributed by atoms with Gasteiger partial charge in [0, 0.05) is 0 Å². The number of sulfonamides is 1. The largest absolute Gasteiger partial charge is 0.279 e. The first-order valence-corrected chi connectivity index (χ1v) is 8.34. The summed E-state index contributed by atoms with van der Waals surface area (Å²) in [5, 5.41) is 4.23. The van der Waals surface area contributed by atoms with Gasteiger partial charge < -0.3 is 0 Å². The molecule has 0 saturated heterocycles. The second kappa shape index (κ2) is 5.85. The molecular weight excluding hydrogens is 317 g/mol. The molecule has 2 aromatic carbocycles. The molecule has 0 atom stereocenters. The van der Waals surface area contributed by atoms with Gasteiger partial charge in [-0.1, -0.05) is 24.3 Å². The zero-order valence-electron chi connectivity index (χ0n) is 12.3. The molecule has 0 amide bonds. The Balaban J connectivity index is 1.96. The molecule has 0 fully saturated rings. The fourth-order valence-corrected chi connectivity index (χ4v) is 3.40. The smallest absolute Gasteiger partial charge is 0.265 e. The average molecular weight is 331 g/mol. The summed E-state index contributed by atoms with van der Waals surface area (Å²) in [4.78, 5) is 0.0469. The summed E-state index contributed by atoms with van der Waals surface area (Å²) in [5.41, 5.74) is 1.28. The van der Waals surface area contributed by atoms with Crippen molar-refractivity contribution in [3.8, 4) is 5.69 Å². The fourth-order valence-electron chi connectivity index (χ4n) is 2.18. The van der Waals surface area contributed by atoms with Crippen molar-refractivity contribution in [1.82, 2.24) is 9.78 Å². The van der Waals surface area contributed by atoms with Crippen LogP contribution in [0.5, 0.6) is 0 Å². The quantitative estimate of drug-likeness (QED) is 0.799. The number of nitrogens with zero attached hydrogens (tertiary/aromatic N) is 2. The van der Waals surface area contributed by atoms with Crippen molar-refractivity contribution in [3.63, 3.8) is 0 Å². The van der Waals surface area contributed by atoms with Crippen molar-refractivity contribution in [3.05, 3.63) is 72.3 Å². The maximum Gasteiger partial charge on any atom is 0.265 e. The molecule has 7 heteroatoms. The van der Waals surface area contributed by atoms with E-state index in [4.69, 9.17) is 0 Å². The molecule has 1 aromatic heterocycles. The van der Waals surface area contributed by atoms with Crippen molar-refractivity contribution in [2.24, 2.45) is 0 Å². The molecule has 0 bridgehead atoms. The second-order valence-electron chi connectivity index (χ2n) is 4.97. The highest BCUT2D eigenvalue weighted by Crippen LogP contribution is 2.20. The first-order valence-electron chi connectivity index (χ1n) is 6.86. The van der Waals surface area contributed by atoms with Crippen molar-refractivity contribution < 1.29 is 12.8 Å². The summed E-state index contributed by atoms with van der Waals surface area (Å²) in [7, 11) is -3.85. The third-order valence-electron chi connectivity index (χ3n) is 3.24. The Morgan fingerprint density at radius 2 is 1.83 bits per heavy atom. The van der Waals surface area contributed by atoms with E-state index in [0.717, 1.165) is 11.8 Å². The second-order valence-corrected chi connectivity index (χ2v) is 6.63. The number of aromatic nitrogens is 2. The normalized spacial score (nSPS) is 11.4. The molecule has 0 aliphatic heterocycles. The molecule has 118 valence electrons. The number of rotatable bonds is 4. The van der Waals surface area contributed by atoms with Gasteiger partial charge in [0.25, 0.3) is 10.0 Å². The SMILES string of the molecule is Cc1nn(-c2ccccc2)cc1S(=O)(=O)Nc1cccc(F)c1. The van der Waals surface area contributed by atoms with Crippen LogP contribution in [0.4, 0.5) is 10.1 Å². The summed E-state index contributed by atoms with van der Waals surface area (Å²) in [6.07, 6.45) is 1.44. The first kappa shape index (κ1) is 15.2. The third-order valence-corrected chi connectivity index (χ3v) is 4.73. The fraction of sp³-hybridized carbons (Fsp3) is 0.0625. The zero-order chi connectivity index (χ0) is 16.4. The van der Waals surface area contributed by atoms with Crippen molar-refractivity contribution in [2.75, 3.05) is 4.72 Å². The Kier molecular flexibility index (Phi) is 3.87. The van der Waals surface area contributed by atoms with Gasteiger partial charge in [-0.2, -0.15) is 5.10 Å². The van der Waals surface area contributed by atoms with E-state index in [1.54, 1.807) is 6.92 Å². The Labute approximate surface area is 133 Å². The number of hydrogen-bond acceptors (Lipinski definition) is 3. The number of para-hydroxylation sites is 1. The molecule has 5 nitrogen and oxygen atoms in total. The van der Waals surface area contributed by atoms with Crippen molar-refractivity contribution in [2.45, 2.75) is 11.8 Å². The number of nitrogens with one attached hydrogen (secondary N) is 1. The average Bonchev–Trinajstić information content (AvgIpc) is 2.91. The first-order chi connectivity index (χ1) is 11.0. The predicted octanol–water partition coefficient (Wildman–Crippen LogP) is 3.12. The topological polar surface area (TPSA) is 64.0 Å². The molecule has 0 unspecified atom stereocenters. The van der Waals surface area contributed by atoms with Crippen LogP contribution in [0.25, 0.3) is 5.69 Å². The van der Waals surface area contributed by atoms with Gasteiger partial charge in [-0.3, -0.25) is 4.72 Å². The molecule has 0 spiro atoms. The lowest BCUT2D eigenvalue weighted by Crippen LogP contribution is -2.13.